The van der Waals surface area contributed by atoms with Crippen molar-refractivity contribution in [2.24, 2.45) is 5.92 Å². The van der Waals surface area contributed by atoms with E-state index in [-0.39, 0.29) is 0 Å². The Labute approximate surface area is 117 Å². The molecule has 0 bridgehead atoms. The average Bonchev–Trinajstić information content (AvgIpc) is 2.91. The van der Waals surface area contributed by atoms with E-state index in [9.17, 15) is 0 Å². The van der Waals surface area contributed by atoms with Crippen LogP contribution in [0.3, 0.4) is 0 Å². The van der Waals surface area contributed by atoms with Crippen LogP contribution in [0.15, 0.2) is 18.2 Å². The third kappa shape index (κ3) is 1.92. The lowest BCUT2D eigenvalue weighted by Gasteiger charge is -2.20. The predicted molar refractivity (Wildman–Crippen MR) is 76.4 cm³/mol. The van der Waals surface area contributed by atoms with Gasteiger partial charge in [-0.25, -0.2) is 4.98 Å². The van der Waals surface area contributed by atoms with Crippen molar-refractivity contribution in [1.82, 2.24) is 9.55 Å². The lowest BCUT2D eigenvalue weighted by atomic mass is 10.1. The van der Waals surface area contributed by atoms with Crippen LogP contribution in [0.4, 0.5) is 0 Å². The third-order valence-corrected chi connectivity index (χ3v) is 4.47. The van der Waals surface area contributed by atoms with Crippen LogP contribution in [0, 0.1) is 5.92 Å². The largest absolute Gasteiger partial charge is 0.324 e. The van der Waals surface area contributed by atoms with Gasteiger partial charge < -0.3 is 4.57 Å². The second-order valence-corrected chi connectivity index (χ2v) is 5.84. The van der Waals surface area contributed by atoms with Crippen LogP contribution in [0.25, 0.3) is 11.0 Å². The number of nitrogens with zero attached hydrogens (tertiary/aromatic N) is 2. The number of rotatable bonds is 2. The molecule has 0 amide bonds. The highest BCUT2D eigenvalue weighted by molar-refractivity contribution is 6.31. The lowest BCUT2D eigenvalue weighted by molar-refractivity contribution is 0.409. The van der Waals surface area contributed by atoms with Crippen LogP contribution in [-0.4, -0.2) is 9.55 Å². The van der Waals surface area contributed by atoms with E-state index in [4.69, 9.17) is 23.2 Å². The first-order valence-electron chi connectivity index (χ1n) is 6.43. The molecule has 0 aliphatic heterocycles. The average molecular weight is 283 g/mol. The number of hydrogen-bond acceptors (Lipinski definition) is 1. The van der Waals surface area contributed by atoms with Gasteiger partial charge in [0.1, 0.15) is 5.82 Å². The van der Waals surface area contributed by atoms with Gasteiger partial charge in [0.25, 0.3) is 0 Å². The van der Waals surface area contributed by atoms with Gasteiger partial charge in [0.2, 0.25) is 0 Å². The van der Waals surface area contributed by atoms with Crippen LogP contribution >= 0.6 is 23.2 Å². The molecule has 1 aromatic carbocycles. The van der Waals surface area contributed by atoms with Crippen molar-refractivity contribution >= 4 is 34.2 Å². The summed E-state index contributed by atoms with van der Waals surface area (Å²) in [6.45, 7) is 2.32. The monoisotopic (exact) mass is 282 g/mol. The molecule has 3 rings (SSSR count). The van der Waals surface area contributed by atoms with Crippen molar-refractivity contribution in [2.75, 3.05) is 0 Å². The van der Waals surface area contributed by atoms with E-state index in [1.165, 1.54) is 19.3 Å². The van der Waals surface area contributed by atoms with Gasteiger partial charge in [-0.15, -0.1) is 11.6 Å². The molecular formula is C14H16Cl2N2. The van der Waals surface area contributed by atoms with Crippen LogP contribution in [-0.2, 0) is 5.88 Å². The zero-order valence-corrected chi connectivity index (χ0v) is 11.9. The van der Waals surface area contributed by atoms with Gasteiger partial charge in [0.15, 0.2) is 0 Å². The highest BCUT2D eigenvalue weighted by Crippen LogP contribution is 2.38. The van der Waals surface area contributed by atoms with Crippen LogP contribution < -0.4 is 0 Å². The molecule has 2 aromatic rings. The molecular weight excluding hydrogens is 267 g/mol. The molecule has 1 heterocycles. The number of alkyl halides is 1. The Morgan fingerprint density at radius 1 is 1.39 bits per heavy atom. The number of halogens is 2. The zero-order valence-electron chi connectivity index (χ0n) is 10.4. The van der Waals surface area contributed by atoms with Crippen molar-refractivity contribution in [3.63, 3.8) is 0 Å². The molecule has 1 aliphatic carbocycles. The Balaban J connectivity index is 2.19. The Hall–Kier alpha value is -0.730. The number of hydrogen-bond donors (Lipinski definition) is 0. The summed E-state index contributed by atoms with van der Waals surface area (Å²) < 4.78 is 2.33. The summed E-state index contributed by atoms with van der Waals surface area (Å²) in [7, 11) is 0. The van der Waals surface area contributed by atoms with E-state index in [1.54, 1.807) is 0 Å². The highest BCUT2D eigenvalue weighted by atomic mass is 35.5. The summed E-state index contributed by atoms with van der Waals surface area (Å²) in [6, 6.07) is 6.44. The molecule has 2 atom stereocenters. The maximum atomic E-state index is 6.05. The Morgan fingerprint density at radius 3 is 2.89 bits per heavy atom. The normalized spacial score (nSPS) is 23.9. The van der Waals surface area contributed by atoms with Crippen molar-refractivity contribution in [1.29, 1.82) is 0 Å². The van der Waals surface area contributed by atoms with Gasteiger partial charge in [0.05, 0.1) is 16.9 Å². The number of fused-ring (bicyclic) bond motifs is 1. The van der Waals surface area contributed by atoms with Crippen LogP contribution in [0.1, 0.15) is 38.1 Å². The number of imidazole rings is 1. The quantitative estimate of drug-likeness (QED) is 0.724. The minimum Gasteiger partial charge on any atom is -0.324 e. The van der Waals surface area contributed by atoms with E-state index in [2.05, 4.69) is 22.5 Å². The van der Waals surface area contributed by atoms with E-state index in [0.717, 1.165) is 21.9 Å². The van der Waals surface area contributed by atoms with Crippen LogP contribution in [0.5, 0.6) is 0 Å². The molecule has 2 nitrogen and oxygen atoms in total. The van der Waals surface area contributed by atoms with Gasteiger partial charge in [-0.2, -0.15) is 0 Å². The smallest absolute Gasteiger partial charge is 0.125 e. The van der Waals surface area contributed by atoms with Crippen LogP contribution in [0.2, 0.25) is 5.02 Å². The van der Waals surface area contributed by atoms with E-state index in [0.29, 0.717) is 17.8 Å². The number of benzene rings is 1. The molecule has 0 spiro atoms. The van der Waals surface area contributed by atoms with Crippen molar-refractivity contribution < 1.29 is 0 Å². The Bertz CT molecular complexity index is 576. The second kappa shape index (κ2) is 4.75. The minimum atomic E-state index is 0.454. The lowest BCUT2D eigenvalue weighted by Crippen LogP contribution is -2.14. The Kier molecular flexibility index (Phi) is 3.25. The molecule has 0 N–H and O–H groups in total. The fourth-order valence-corrected chi connectivity index (χ4v) is 3.45. The highest BCUT2D eigenvalue weighted by Gasteiger charge is 2.28. The van der Waals surface area contributed by atoms with E-state index < -0.39 is 0 Å². The first-order chi connectivity index (χ1) is 8.70. The zero-order chi connectivity index (χ0) is 12.7. The predicted octanol–water partition coefficient (Wildman–Crippen LogP) is 4.79. The fourth-order valence-electron chi connectivity index (χ4n) is 3.10. The first-order valence-corrected chi connectivity index (χ1v) is 7.34. The van der Waals surface area contributed by atoms with Gasteiger partial charge in [-0.3, -0.25) is 0 Å². The summed E-state index contributed by atoms with van der Waals surface area (Å²) in [5, 5.41) is 0.729. The SMILES string of the molecule is CC1CCCC1n1c(CCl)nc2cc(Cl)ccc21. The van der Waals surface area contributed by atoms with Crippen molar-refractivity contribution in [2.45, 2.75) is 38.1 Å². The molecule has 0 radical (unpaired) electrons. The molecule has 18 heavy (non-hydrogen) atoms. The first kappa shape index (κ1) is 12.3. The molecule has 1 aromatic heterocycles. The summed E-state index contributed by atoms with van der Waals surface area (Å²) in [6.07, 6.45) is 3.81. The van der Waals surface area contributed by atoms with Gasteiger partial charge in [-0.05, 0) is 37.0 Å². The summed E-state index contributed by atoms with van der Waals surface area (Å²) in [4.78, 5) is 4.62. The Morgan fingerprint density at radius 2 is 2.22 bits per heavy atom. The maximum absolute atomic E-state index is 6.05. The van der Waals surface area contributed by atoms with E-state index >= 15 is 0 Å². The molecule has 1 saturated carbocycles. The van der Waals surface area contributed by atoms with Crippen molar-refractivity contribution in [3.8, 4) is 0 Å². The second-order valence-electron chi connectivity index (χ2n) is 5.14. The maximum Gasteiger partial charge on any atom is 0.125 e. The third-order valence-electron chi connectivity index (χ3n) is 3.99. The molecule has 1 aliphatic rings. The molecule has 96 valence electrons. The summed E-state index contributed by atoms with van der Waals surface area (Å²) in [5.41, 5.74) is 2.12. The summed E-state index contributed by atoms with van der Waals surface area (Å²) in [5.74, 6) is 2.11. The number of aromatic nitrogens is 2. The van der Waals surface area contributed by atoms with Crippen molar-refractivity contribution in [3.05, 3.63) is 29.0 Å². The topological polar surface area (TPSA) is 17.8 Å². The standard InChI is InChI=1S/C14H16Cl2N2/c1-9-3-2-4-12(9)18-13-6-5-10(16)7-11(13)17-14(18)8-15/h5-7,9,12H,2-4,8H2,1H3. The molecule has 1 fully saturated rings. The fraction of sp³-hybridized carbons (Fsp3) is 0.500. The minimum absolute atomic E-state index is 0.454. The molecule has 4 heteroatoms. The van der Waals surface area contributed by atoms with Gasteiger partial charge in [-0.1, -0.05) is 24.9 Å². The summed E-state index contributed by atoms with van der Waals surface area (Å²) >= 11 is 12.1. The van der Waals surface area contributed by atoms with Gasteiger partial charge >= 0.3 is 0 Å². The van der Waals surface area contributed by atoms with E-state index in [1.807, 2.05) is 12.1 Å². The molecule has 0 saturated heterocycles. The van der Waals surface area contributed by atoms with Gasteiger partial charge in [0, 0.05) is 11.1 Å². The molecule has 2 unspecified atom stereocenters.